The van der Waals surface area contributed by atoms with Gasteiger partial charge in [0.15, 0.2) is 0 Å². The Kier molecular flexibility index (Phi) is 9.09. The molecule has 0 heterocycles. The van der Waals surface area contributed by atoms with Gasteiger partial charge in [-0.1, -0.05) is 106 Å². The molecule has 0 saturated carbocycles. The van der Waals surface area contributed by atoms with Crippen molar-refractivity contribution >= 4 is 27.8 Å². The van der Waals surface area contributed by atoms with Crippen molar-refractivity contribution in [2.45, 2.75) is 65.3 Å². The molecule has 5 aromatic rings. The SMILES string of the molecule is CCC(C)Nc1ccc(C(c2ccc(C(C)CC)cc2)c2ccc(N(CC)c3ccccc3)cc2)c2ccccc12. The Morgan fingerprint density at radius 3 is 1.73 bits per heavy atom. The molecule has 0 spiro atoms. The first-order valence-electron chi connectivity index (χ1n) is 15.3. The topological polar surface area (TPSA) is 15.3 Å². The highest BCUT2D eigenvalue weighted by Crippen LogP contribution is 2.40. The van der Waals surface area contributed by atoms with Crippen molar-refractivity contribution in [3.8, 4) is 0 Å². The highest BCUT2D eigenvalue weighted by Gasteiger charge is 2.21. The van der Waals surface area contributed by atoms with Crippen LogP contribution in [0.2, 0.25) is 0 Å². The predicted molar refractivity (Wildman–Crippen MR) is 179 cm³/mol. The fourth-order valence-electron chi connectivity index (χ4n) is 5.84. The smallest absolute Gasteiger partial charge is 0.0422 e. The number of hydrogen-bond acceptors (Lipinski definition) is 2. The molecule has 3 atom stereocenters. The Labute approximate surface area is 247 Å². The molecule has 2 nitrogen and oxygen atoms in total. The molecule has 0 aliphatic heterocycles. The van der Waals surface area contributed by atoms with E-state index in [0.717, 1.165) is 19.4 Å². The number of benzene rings is 5. The summed E-state index contributed by atoms with van der Waals surface area (Å²) >= 11 is 0. The van der Waals surface area contributed by atoms with Crippen molar-refractivity contribution in [2.75, 3.05) is 16.8 Å². The summed E-state index contributed by atoms with van der Waals surface area (Å²) in [5, 5.41) is 6.33. The van der Waals surface area contributed by atoms with E-state index in [-0.39, 0.29) is 5.92 Å². The summed E-state index contributed by atoms with van der Waals surface area (Å²) < 4.78 is 0. The summed E-state index contributed by atoms with van der Waals surface area (Å²) in [6, 6.07) is 43.2. The highest BCUT2D eigenvalue weighted by atomic mass is 15.1. The van der Waals surface area contributed by atoms with E-state index in [4.69, 9.17) is 0 Å². The van der Waals surface area contributed by atoms with Gasteiger partial charge in [0.1, 0.15) is 0 Å². The Morgan fingerprint density at radius 1 is 0.561 bits per heavy atom. The van der Waals surface area contributed by atoms with Crippen LogP contribution in [-0.4, -0.2) is 12.6 Å². The number of anilines is 3. The van der Waals surface area contributed by atoms with Crippen LogP contribution in [0.25, 0.3) is 10.8 Å². The second-order valence-corrected chi connectivity index (χ2v) is 11.3. The van der Waals surface area contributed by atoms with Gasteiger partial charge in [-0.15, -0.1) is 0 Å². The summed E-state index contributed by atoms with van der Waals surface area (Å²) in [6.45, 7) is 12.2. The lowest BCUT2D eigenvalue weighted by Gasteiger charge is -2.26. The van der Waals surface area contributed by atoms with Crippen LogP contribution in [0.4, 0.5) is 17.1 Å². The highest BCUT2D eigenvalue weighted by molar-refractivity contribution is 5.97. The molecule has 210 valence electrons. The predicted octanol–water partition coefficient (Wildman–Crippen LogP) is 10.9. The third-order valence-electron chi connectivity index (χ3n) is 8.66. The molecule has 5 rings (SSSR count). The van der Waals surface area contributed by atoms with Gasteiger partial charge in [-0.3, -0.25) is 0 Å². The minimum Gasteiger partial charge on any atom is -0.382 e. The molecule has 2 heteroatoms. The molecule has 0 aliphatic rings. The third-order valence-corrected chi connectivity index (χ3v) is 8.66. The van der Waals surface area contributed by atoms with Crippen LogP contribution < -0.4 is 10.2 Å². The molecule has 0 fully saturated rings. The minimum absolute atomic E-state index is 0.129. The van der Waals surface area contributed by atoms with Crippen LogP contribution in [0.3, 0.4) is 0 Å². The van der Waals surface area contributed by atoms with Crippen LogP contribution in [0.5, 0.6) is 0 Å². The maximum absolute atomic E-state index is 3.74. The molecule has 1 N–H and O–H groups in total. The molecule has 0 bridgehead atoms. The molecule has 5 aromatic carbocycles. The zero-order chi connectivity index (χ0) is 28.8. The summed E-state index contributed by atoms with van der Waals surface area (Å²) in [4.78, 5) is 2.37. The van der Waals surface area contributed by atoms with Gasteiger partial charge >= 0.3 is 0 Å². The maximum Gasteiger partial charge on any atom is 0.0422 e. The van der Waals surface area contributed by atoms with Gasteiger partial charge in [0.2, 0.25) is 0 Å². The summed E-state index contributed by atoms with van der Waals surface area (Å²) in [7, 11) is 0. The summed E-state index contributed by atoms with van der Waals surface area (Å²) in [6.07, 6.45) is 2.24. The van der Waals surface area contributed by atoms with E-state index >= 15 is 0 Å². The lowest BCUT2D eigenvalue weighted by atomic mass is 9.81. The molecule has 0 radical (unpaired) electrons. The van der Waals surface area contributed by atoms with Crippen LogP contribution in [-0.2, 0) is 0 Å². The fraction of sp³-hybridized carbons (Fsp3) is 0.282. The van der Waals surface area contributed by atoms with Crippen LogP contribution in [0, 0.1) is 0 Å². The van der Waals surface area contributed by atoms with Gasteiger partial charge in [-0.05, 0) is 90.6 Å². The zero-order valence-electron chi connectivity index (χ0n) is 25.3. The first-order chi connectivity index (χ1) is 20.0. The normalized spacial score (nSPS) is 13.5. The average Bonchev–Trinajstić information content (AvgIpc) is 3.03. The van der Waals surface area contributed by atoms with E-state index < -0.39 is 0 Å². The van der Waals surface area contributed by atoms with Crippen LogP contribution in [0.1, 0.15) is 81.5 Å². The van der Waals surface area contributed by atoms with Crippen molar-refractivity contribution in [3.63, 3.8) is 0 Å². The number of para-hydroxylation sites is 1. The fourth-order valence-corrected chi connectivity index (χ4v) is 5.84. The maximum atomic E-state index is 3.74. The molecule has 41 heavy (non-hydrogen) atoms. The molecule has 0 amide bonds. The Hall–Kier alpha value is -4.04. The number of fused-ring (bicyclic) bond motifs is 1. The number of nitrogens with one attached hydrogen (secondary N) is 1. The van der Waals surface area contributed by atoms with Crippen molar-refractivity contribution in [1.82, 2.24) is 0 Å². The number of rotatable bonds is 11. The van der Waals surface area contributed by atoms with Crippen LogP contribution >= 0.6 is 0 Å². The van der Waals surface area contributed by atoms with Gasteiger partial charge in [0, 0.05) is 41.0 Å². The largest absolute Gasteiger partial charge is 0.382 e. The number of hydrogen-bond donors (Lipinski definition) is 1. The minimum atomic E-state index is 0.129. The molecule has 0 saturated heterocycles. The van der Waals surface area contributed by atoms with Gasteiger partial charge in [-0.2, -0.15) is 0 Å². The Balaban J connectivity index is 1.62. The van der Waals surface area contributed by atoms with E-state index in [9.17, 15) is 0 Å². The first-order valence-corrected chi connectivity index (χ1v) is 15.3. The van der Waals surface area contributed by atoms with Crippen molar-refractivity contribution in [3.05, 3.63) is 138 Å². The molecule has 3 unspecified atom stereocenters. The van der Waals surface area contributed by atoms with Crippen LogP contribution in [0.15, 0.2) is 115 Å². The van der Waals surface area contributed by atoms with Gasteiger partial charge < -0.3 is 10.2 Å². The van der Waals surface area contributed by atoms with E-state index in [1.165, 1.54) is 50.1 Å². The van der Waals surface area contributed by atoms with Crippen molar-refractivity contribution in [1.29, 1.82) is 0 Å². The van der Waals surface area contributed by atoms with E-state index in [1.807, 2.05) is 0 Å². The van der Waals surface area contributed by atoms with Crippen molar-refractivity contribution in [2.24, 2.45) is 0 Å². The van der Waals surface area contributed by atoms with E-state index in [1.54, 1.807) is 0 Å². The molecular weight excluding hydrogens is 496 g/mol. The van der Waals surface area contributed by atoms with Gasteiger partial charge in [-0.25, -0.2) is 0 Å². The Bertz CT molecular complexity index is 1540. The molecule has 0 aliphatic carbocycles. The monoisotopic (exact) mass is 540 g/mol. The summed E-state index contributed by atoms with van der Waals surface area (Å²) in [5.41, 5.74) is 9.03. The van der Waals surface area contributed by atoms with E-state index in [2.05, 4.69) is 160 Å². The second-order valence-electron chi connectivity index (χ2n) is 11.3. The standard InChI is InChI=1S/C39H44N2/c1-6-28(4)30-18-20-31(21-19-30)39(32-22-24-34(25-23-32)41(8-3)33-14-10-9-11-15-33)37-26-27-38(40-29(5)7-2)36-17-13-12-16-35(36)37/h9-29,39-40H,6-8H2,1-5H3. The zero-order valence-corrected chi connectivity index (χ0v) is 25.3. The van der Waals surface area contributed by atoms with Crippen molar-refractivity contribution < 1.29 is 0 Å². The Morgan fingerprint density at radius 2 is 1.12 bits per heavy atom. The number of nitrogens with zero attached hydrogens (tertiary/aromatic N) is 1. The second kappa shape index (κ2) is 13.1. The van der Waals surface area contributed by atoms with Gasteiger partial charge in [0.25, 0.3) is 0 Å². The average molecular weight is 541 g/mol. The first kappa shape index (κ1) is 28.5. The van der Waals surface area contributed by atoms with E-state index in [0.29, 0.717) is 12.0 Å². The lowest BCUT2D eigenvalue weighted by molar-refractivity contribution is 0.733. The lowest BCUT2D eigenvalue weighted by Crippen LogP contribution is -2.16. The quantitative estimate of drug-likeness (QED) is 0.168. The van der Waals surface area contributed by atoms with Gasteiger partial charge in [0.05, 0.1) is 0 Å². The molecule has 0 aromatic heterocycles. The third kappa shape index (κ3) is 6.17. The summed E-state index contributed by atoms with van der Waals surface area (Å²) in [5.74, 6) is 0.691. The molecular formula is C39H44N2.